The first-order valence-corrected chi connectivity index (χ1v) is 8.99. The van der Waals surface area contributed by atoms with Gasteiger partial charge < -0.3 is 9.80 Å². The molecular weight excluding hydrogens is 379 g/mol. The molecule has 1 aromatic carbocycles. The van der Waals surface area contributed by atoms with Crippen molar-refractivity contribution in [3.63, 3.8) is 0 Å². The van der Waals surface area contributed by atoms with Crippen molar-refractivity contribution >= 4 is 17.5 Å². The molecule has 1 atom stereocenters. The lowest BCUT2D eigenvalue weighted by atomic mass is 10.1. The smallest absolute Gasteiger partial charge is 0.342 e. The highest BCUT2D eigenvalue weighted by atomic mass is 19.4. The molecule has 0 N–H and O–H groups in total. The molecule has 0 bridgehead atoms. The third kappa shape index (κ3) is 4.99. The first-order chi connectivity index (χ1) is 13.1. The minimum absolute atomic E-state index is 0.0178. The number of hydrogen-bond donors (Lipinski definition) is 0. The van der Waals surface area contributed by atoms with Gasteiger partial charge in [0.15, 0.2) is 0 Å². The van der Waals surface area contributed by atoms with Crippen molar-refractivity contribution < 1.29 is 27.7 Å². The number of halogens is 3. The van der Waals surface area contributed by atoms with Crippen LogP contribution in [-0.2, 0) is 16.1 Å². The monoisotopic (exact) mass is 399 g/mol. The van der Waals surface area contributed by atoms with Gasteiger partial charge in [-0.2, -0.15) is 13.2 Å². The van der Waals surface area contributed by atoms with E-state index in [1.165, 1.54) is 29.2 Å². The average molecular weight is 399 g/mol. The molecule has 2 aliphatic rings. The van der Waals surface area contributed by atoms with E-state index in [2.05, 4.69) is 0 Å². The van der Waals surface area contributed by atoms with E-state index < -0.39 is 36.0 Å². The van der Waals surface area contributed by atoms with Crippen LogP contribution in [0.1, 0.15) is 24.8 Å². The molecule has 0 unspecified atom stereocenters. The number of nitro groups is 1. The maximum Gasteiger partial charge on any atom is 0.406 e. The van der Waals surface area contributed by atoms with Gasteiger partial charge in [-0.25, -0.2) is 0 Å². The van der Waals surface area contributed by atoms with Gasteiger partial charge in [0.25, 0.3) is 5.69 Å². The van der Waals surface area contributed by atoms with Crippen molar-refractivity contribution in [3.8, 4) is 0 Å². The van der Waals surface area contributed by atoms with Gasteiger partial charge in [0.05, 0.1) is 17.4 Å². The molecule has 1 heterocycles. The van der Waals surface area contributed by atoms with E-state index in [0.29, 0.717) is 17.4 Å². The minimum atomic E-state index is -4.66. The summed E-state index contributed by atoms with van der Waals surface area (Å²) in [5.74, 6) is -1.49. The molecule has 2 fully saturated rings. The van der Waals surface area contributed by atoms with E-state index in [4.69, 9.17) is 0 Å². The van der Waals surface area contributed by atoms with Gasteiger partial charge >= 0.3 is 6.18 Å². The number of hydrogen-bond acceptors (Lipinski definition) is 4. The van der Waals surface area contributed by atoms with E-state index in [1.54, 1.807) is 0 Å². The largest absolute Gasteiger partial charge is 0.406 e. The standard InChI is InChI=1S/C18H20F3N3O4/c19-18(20,21)11-23(9-13-3-1-2-4-15(13)24(27)28)17(26)14-7-16(25)22(10-14)8-12-5-6-12/h1-4,12,14H,5-11H2/t14-/m0/s1. The zero-order valence-corrected chi connectivity index (χ0v) is 15.0. The Balaban J connectivity index is 1.77. The molecule has 7 nitrogen and oxygen atoms in total. The lowest BCUT2D eigenvalue weighted by Crippen LogP contribution is -2.42. The number of carbonyl (C=O) groups excluding carboxylic acids is 2. The van der Waals surface area contributed by atoms with E-state index in [0.717, 1.165) is 12.8 Å². The third-order valence-corrected chi connectivity index (χ3v) is 4.97. The SMILES string of the molecule is O=C1C[C@H](C(=O)N(Cc2ccccc2[N+](=O)[O-])CC(F)(F)F)CN1CC1CC1. The first-order valence-electron chi connectivity index (χ1n) is 8.99. The van der Waals surface area contributed by atoms with Crippen LogP contribution in [0.3, 0.4) is 0 Å². The molecule has 28 heavy (non-hydrogen) atoms. The Morgan fingerprint density at radius 2 is 1.96 bits per heavy atom. The highest BCUT2D eigenvalue weighted by Crippen LogP contribution is 2.33. The topological polar surface area (TPSA) is 83.8 Å². The van der Waals surface area contributed by atoms with Crippen molar-refractivity contribution in [2.45, 2.75) is 32.0 Å². The number of nitro benzene ring substituents is 1. The van der Waals surface area contributed by atoms with Crippen LogP contribution >= 0.6 is 0 Å². The maximum atomic E-state index is 13.0. The summed E-state index contributed by atoms with van der Waals surface area (Å²) in [6.07, 6.45) is -2.76. The second kappa shape index (κ2) is 7.76. The van der Waals surface area contributed by atoms with Crippen LogP contribution in [0.25, 0.3) is 0 Å². The van der Waals surface area contributed by atoms with Crippen LogP contribution in [0.5, 0.6) is 0 Å². The summed E-state index contributed by atoms with van der Waals surface area (Å²) >= 11 is 0. The van der Waals surface area contributed by atoms with E-state index in [-0.39, 0.29) is 30.1 Å². The Bertz CT molecular complexity index is 780. The van der Waals surface area contributed by atoms with Crippen LogP contribution < -0.4 is 0 Å². The van der Waals surface area contributed by atoms with E-state index >= 15 is 0 Å². The number of benzene rings is 1. The van der Waals surface area contributed by atoms with Gasteiger partial charge in [-0.15, -0.1) is 0 Å². The predicted molar refractivity (Wildman–Crippen MR) is 92.0 cm³/mol. The van der Waals surface area contributed by atoms with Gasteiger partial charge in [-0.05, 0) is 18.8 Å². The van der Waals surface area contributed by atoms with Crippen LogP contribution in [0.4, 0.5) is 18.9 Å². The number of nitrogens with zero attached hydrogens (tertiary/aromatic N) is 3. The van der Waals surface area contributed by atoms with Crippen LogP contribution in [0, 0.1) is 22.0 Å². The summed E-state index contributed by atoms with van der Waals surface area (Å²) in [6, 6.07) is 5.38. The summed E-state index contributed by atoms with van der Waals surface area (Å²) in [6.45, 7) is -1.43. The van der Waals surface area contributed by atoms with Gasteiger partial charge in [0.1, 0.15) is 6.54 Å². The second-order valence-electron chi connectivity index (χ2n) is 7.34. The number of carbonyl (C=O) groups is 2. The highest BCUT2D eigenvalue weighted by molar-refractivity contribution is 5.89. The van der Waals surface area contributed by atoms with Gasteiger partial charge in [-0.3, -0.25) is 19.7 Å². The number of likely N-dealkylation sites (tertiary alicyclic amines) is 1. The molecule has 0 spiro atoms. The second-order valence-corrected chi connectivity index (χ2v) is 7.34. The quantitative estimate of drug-likeness (QED) is 0.521. The lowest BCUT2D eigenvalue weighted by Gasteiger charge is -2.26. The summed E-state index contributed by atoms with van der Waals surface area (Å²) in [7, 11) is 0. The average Bonchev–Trinajstić information content (AvgIpc) is 3.35. The summed E-state index contributed by atoms with van der Waals surface area (Å²) in [5.41, 5.74) is -0.329. The Morgan fingerprint density at radius 3 is 2.57 bits per heavy atom. The highest BCUT2D eigenvalue weighted by Gasteiger charge is 2.41. The fourth-order valence-electron chi connectivity index (χ4n) is 3.44. The maximum absolute atomic E-state index is 13.0. The molecule has 3 rings (SSSR count). The number of amides is 2. The summed E-state index contributed by atoms with van der Waals surface area (Å²) in [4.78, 5) is 37.4. The van der Waals surface area contributed by atoms with Crippen molar-refractivity contribution in [2.24, 2.45) is 11.8 Å². The molecule has 0 radical (unpaired) electrons. The van der Waals surface area contributed by atoms with Crippen molar-refractivity contribution in [2.75, 3.05) is 19.6 Å². The molecule has 10 heteroatoms. The third-order valence-electron chi connectivity index (χ3n) is 4.97. The molecule has 2 amide bonds. The Hall–Kier alpha value is -2.65. The van der Waals surface area contributed by atoms with Crippen LogP contribution in [0.15, 0.2) is 24.3 Å². The molecule has 1 aromatic rings. The van der Waals surface area contributed by atoms with Gasteiger partial charge in [0.2, 0.25) is 11.8 Å². The fourth-order valence-corrected chi connectivity index (χ4v) is 3.44. The number of rotatable bonds is 7. The summed E-state index contributed by atoms with van der Waals surface area (Å²) < 4.78 is 39.1. The molecule has 1 aliphatic carbocycles. The normalized spacial score (nSPS) is 19.8. The summed E-state index contributed by atoms with van der Waals surface area (Å²) in [5, 5.41) is 11.1. The van der Waals surface area contributed by atoms with E-state index in [9.17, 15) is 32.9 Å². The Kier molecular flexibility index (Phi) is 5.57. The molecular formula is C18H20F3N3O4. The molecule has 0 aromatic heterocycles. The lowest BCUT2D eigenvalue weighted by molar-refractivity contribution is -0.385. The predicted octanol–water partition coefficient (Wildman–Crippen LogP) is 2.74. The van der Waals surface area contributed by atoms with E-state index in [1.807, 2.05) is 0 Å². The molecule has 1 saturated heterocycles. The van der Waals surface area contributed by atoms with Crippen LogP contribution in [0.2, 0.25) is 0 Å². The zero-order valence-electron chi connectivity index (χ0n) is 15.0. The number of para-hydroxylation sites is 1. The van der Waals surface area contributed by atoms with Gasteiger partial charge in [-0.1, -0.05) is 18.2 Å². The number of alkyl halides is 3. The Labute approximate surface area is 159 Å². The zero-order chi connectivity index (χ0) is 20.5. The first kappa shape index (κ1) is 20.1. The fraction of sp³-hybridized carbons (Fsp3) is 0.556. The van der Waals surface area contributed by atoms with Crippen molar-refractivity contribution in [3.05, 3.63) is 39.9 Å². The molecule has 152 valence electrons. The minimum Gasteiger partial charge on any atom is -0.342 e. The van der Waals surface area contributed by atoms with Gasteiger partial charge in [0, 0.05) is 31.1 Å². The Morgan fingerprint density at radius 1 is 1.29 bits per heavy atom. The van der Waals surface area contributed by atoms with Crippen molar-refractivity contribution in [1.82, 2.24) is 9.80 Å². The van der Waals surface area contributed by atoms with Crippen LogP contribution in [-0.4, -0.2) is 52.3 Å². The molecule has 1 aliphatic heterocycles. The molecule has 1 saturated carbocycles. The van der Waals surface area contributed by atoms with Crippen molar-refractivity contribution in [1.29, 1.82) is 0 Å².